The van der Waals surface area contributed by atoms with Crippen molar-refractivity contribution in [2.45, 2.75) is 52.0 Å². The third kappa shape index (κ3) is 3.53. The van der Waals surface area contributed by atoms with E-state index in [0.717, 1.165) is 0 Å². The largest absolute Gasteiger partial charge is 0.494 e. The van der Waals surface area contributed by atoms with Crippen LogP contribution in [0.15, 0.2) is 18.2 Å². The fourth-order valence-electron chi connectivity index (χ4n) is 2.15. The van der Waals surface area contributed by atoms with Crippen LogP contribution in [0.4, 0.5) is 18.9 Å². The van der Waals surface area contributed by atoms with E-state index in [1.807, 2.05) is 33.0 Å². The Hall–Kier alpha value is -1.54. The van der Waals surface area contributed by atoms with Gasteiger partial charge in [-0.2, -0.15) is 13.2 Å². The highest BCUT2D eigenvalue weighted by Gasteiger charge is 2.51. The van der Waals surface area contributed by atoms with Crippen LogP contribution in [0.1, 0.15) is 33.3 Å². The molecule has 126 valence electrons. The average molecular weight is 329 g/mol. The van der Waals surface area contributed by atoms with E-state index in [0.29, 0.717) is 11.0 Å². The molecule has 2 rings (SSSR count). The first-order valence-electron chi connectivity index (χ1n) is 7.18. The van der Waals surface area contributed by atoms with Crippen LogP contribution in [0.25, 0.3) is 0 Å². The molecule has 1 aliphatic heterocycles. The minimum Gasteiger partial charge on any atom is -0.399 e. The smallest absolute Gasteiger partial charge is 0.399 e. The van der Waals surface area contributed by atoms with Crippen LogP contribution >= 0.6 is 0 Å². The first-order chi connectivity index (χ1) is 10.3. The van der Waals surface area contributed by atoms with Gasteiger partial charge in [-0.15, -0.1) is 0 Å². The third-order valence-electron chi connectivity index (χ3n) is 4.28. The normalized spacial score (nSPS) is 19.7. The molecule has 0 unspecified atom stereocenters. The van der Waals surface area contributed by atoms with Crippen molar-refractivity contribution in [3.8, 4) is 0 Å². The number of carbonyl (C=O) groups is 1. The van der Waals surface area contributed by atoms with Crippen LogP contribution in [0.3, 0.4) is 0 Å². The van der Waals surface area contributed by atoms with Crippen LogP contribution in [-0.2, 0) is 14.1 Å². The average Bonchev–Trinajstić information content (AvgIpc) is 2.59. The highest BCUT2D eigenvalue weighted by Crippen LogP contribution is 2.36. The summed E-state index contributed by atoms with van der Waals surface area (Å²) in [4.78, 5) is 11.0. The van der Waals surface area contributed by atoms with Crippen molar-refractivity contribution in [3.05, 3.63) is 23.8 Å². The Labute approximate surface area is 133 Å². The number of hydrogen-bond donors (Lipinski definition) is 1. The van der Waals surface area contributed by atoms with Crippen LogP contribution < -0.4 is 10.8 Å². The van der Waals surface area contributed by atoms with Gasteiger partial charge in [0.1, 0.15) is 0 Å². The number of anilines is 1. The molecular formula is C15H19BF3NO3. The van der Waals surface area contributed by atoms with Gasteiger partial charge in [0.05, 0.1) is 11.2 Å². The van der Waals surface area contributed by atoms with Crippen LogP contribution in [-0.4, -0.2) is 30.4 Å². The van der Waals surface area contributed by atoms with Crippen LogP contribution in [0, 0.1) is 6.92 Å². The second kappa shape index (κ2) is 5.52. The summed E-state index contributed by atoms with van der Waals surface area (Å²) >= 11 is 0. The number of nitrogens with one attached hydrogen (secondary N) is 1. The van der Waals surface area contributed by atoms with E-state index < -0.39 is 30.4 Å². The molecule has 1 aliphatic rings. The standard InChI is InChI=1S/C15H19BF3NO3/c1-9-8-10(16-22-13(2,3)14(4,5)23-16)6-7-11(9)20-12(21)15(17,18)19/h6-8H,1-5H3,(H,20,21). The monoisotopic (exact) mass is 329 g/mol. The van der Waals surface area contributed by atoms with E-state index in [1.165, 1.54) is 6.07 Å². The molecule has 1 heterocycles. The summed E-state index contributed by atoms with van der Waals surface area (Å²) in [5.74, 6) is -2.00. The molecule has 1 fully saturated rings. The number of alkyl halides is 3. The molecule has 1 amide bonds. The van der Waals surface area contributed by atoms with Crippen molar-refractivity contribution in [1.82, 2.24) is 0 Å². The number of aryl methyl sites for hydroxylation is 1. The van der Waals surface area contributed by atoms with Gasteiger partial charge in [-0.05, 0) is 51.7 Å². The van der Waals surface area contributed by atoms with Gasteiger partial charge >= 0.3 is 19.2 Å². The van der Waals surface area contributed by atoms with Crippen LogP contribution in [0.2, 0.25) is 0 Å². The van der Waals surface area contributed by atoms with Crippen molar-refractivity contribution in [3.63, 3.8) is 0 Å². The van der Waals surface area contributed by atoms with Gasteiger partial charge in [-0.1, -0.05) is 12.1 Å². The summed E-state index contributed by atoms with van der Waals surface area (Å²) in [5.41, 5.74) is 0.275. The Morgan fingerprint density at radius 3 is 2.09 bits per heavy atom. The number of rotatable bonds is 2. The summed E-state index contributed by atoms with van der Waals surface area (Å²) in [5, 5.41) is 1.85. The maximum absolute atomic E-state index is 12.3. The minimum absolute atomic E-state index is 0.104. The zero-order valence-electron chi connectivity index (χ0n) is 13.7. The van der Waals surface area contributed by atoms with E-state index in [4.69, 9.17) is 9.31 Å². The molecule has 0 aromatic heterocycles. The van der Waals surface area contributed by atoms with Gasteiger partial charge in [0.25, 0.3) is 0 Å². The van der Waals surface area contributed by atoms with E-state index >= 15 is 0 Å². The number of hydrogen-bond acceptors (Lipinski definition) is 3. The van der Waals surface area contributed by atoms with E-state index in [2.05, 4.69) is 0 Å². The number of benzene rings is 1. The predicted molar refractivity (Wildman–Crippen MR) is 81.6 cm³/mol. The van der Waals surface area contributed by atoms with Gasteiger partial charge in [0.15, 0.2) is 0 Å². The zero-order valence-corrected chi connectivity index (χ0v) is 13.7. The number of halogens is 3. The van der Waals surface area contributed by atoms with Crippen LogP contribution in [0.5, 0.6) is 0 Å². The molecular weight excluding hydrogens is 310 g/mol. The van der Waals surface area contributed by atoms with E-state index in [-0.39, 0.29) is 5.69 Å². The lowest BCUT2D eigenvalue weighted by atomic mass is 9.78. The zero-order chi connectivity index (χ0) is 17.6. The number of amides is 1. The number of carbonyl (C=O) groups excluding carboxylic acids is 1. The van der Waals surface area contributed by atoms with Gasteiger partial charge < -0.3 is 14.6 Å². The molecule has 1 aromatic rings. The molecule has 0 atom stereocenters. The maximum Gasteiger partial charge on any atom is 0.494 e. The highest BCUT2D eigenvalue weighted by molar-refractivity contribution is 6.62. The highest BCUT2D eigenvalue weighted by atomic mass is 19.4. The van der Waals surface area contributed by atoms with Crippen molar-refractivity contribution < 1.29 is 27.3 Å². The molecule has 1 saturated heterocycles. The second-order valence-electron chi connectivity index (χ2n) is 6.61. The van der Waals surface area contributed by atoms with E-state index in [9.17, 15) is 18.0 Å². The quantitative estimate of drug-likeness (QED) is 0.849. The molecule has 0 bridgehead atoms. The lowest BCUT2D eigenvalue weighted by Crippen LogP contribution is -2.41. The molecule has 0 aliphatic carbocycles. The maximum atomic E-state index is 12.3. The molecule has 1 aromatic carbocycles. The van der Waals surface area contributed by atoms with Crippen molar-refractivity contribution in [2.75, 3.05) is 5.32 Å². The first-order valence-corrected chi connectivity index (χ1v) is 7.18. The fraction of sp³-hybridized carbons (Fsp3) is 0.533. The van der Waals surface area contributed by atoms with Gasteiger partial charge in [0.2, 0.25) is 0 Å². The first kappa shape index (κ1) is 17.8. The fourth-order valence-corrected chi connectivity index (χ4v) is 2.15. The van der Waals surface area contributed by atoms with Gasteiger partial charge in [-0.3, -0.25) is 4.79 Å². The van der Waals surface area contributed by atoms with Crippen molar-refractivity contribution >= 4 is 24.2 Å². The Bertz CT molecular complexity index is 613. The summed E-state index contributed by atoms with van der Waals surface area (Å²) in [6, 6.07) is 4.65. The van der Waals surface area contributed by atoms with Crippen molar-refractivity contribution in [2.24, 2.45) is 0 Å². The molecule has 0 spiro atoms. The van der Waals surface area contributed by atoms with Gasteiger partial charge in [-0.25, -0.2) is 0 Å². The Morgan fingerprint density at radius 2 is 1.65 bits per heavy atom. The third-order valence-corrected chi connectivity index (χ3v) is 4.28. The Morgan fingerprint density at radius 1 is 1.13 bits per heavy atom. The lowest BCUT2D eigenvalue weighted by molar-refractivity contribution is -0.167. The molecule has 0 radical (unpaired) electrons. The summed E-state index contributed by atoms with van der Waals surface area (Å²) in [6.07, 6.45) is -4.92. The molecule has 23 heavy (non-hydrogen) atoms. The molecule has 0 saturated carbocycles. The van der Waals surface area contributed by atoms with Gasteiger partial charge in [0, 0.05) is 5.69 Å². The van der Waals surface area contributed by atoms with E-state index in [1.54, 1.807) is 19.1 Å². The molecule has 8 heteroatoms. The Kier molecular flexibility index (Phi) is 4.28. The lowest BCUT2D eigenvalue weighted by Gasteiger charge is -2.32. The van der Waals surface area contributed by atoms with Crippen molar-refractivity contribution in [1.29, 1.82) is 0 Å². The molecule has 1 N–H and O–H groups in total. The Balaban J connectivity index is 2.19. The predicted octanol–water partition coefficient (Wildman–Crippen LogP) is 2.80. The SMILES string of the molecule is Cc1cc(B2OC(C)(C)C(C)(C)O2)ccc1NC(=O)C(F)(F)F. The molecule has 4 nitrogen and oxygen atoms in total. The summed E-state index contributed by atoms with van der Waals surface area (Å²) < 4.78 is 48.7. The second-order valence-corrected chi connectivity index (χ2v) is 6.61. The summed E-state index contributed by atoms with van der Waals surface area (Å²) in [6.45, 7) is 9.27. The topological polar surface area (TPSA) is 47.6 Å². The minimum atomic E-state index is -4.92. The summed E-state index contributed by atoms with van der Waals surface area (Å²) in [7, 11) is -0.605.